The lowest BCUT2D eigenvalue weighted by Gasteiger charge is -2.03. The molecule has 0 aliphatic heterocycles. The van der Waals surface area contributed by atoms with Crippen molar-refractivity contribution in [3.8, 4) is 17.5 Å². The minimum absolute atomic E-state index is 0.523. The molecule has 2 heterocycles. The number of aryl methyl sites for hydroxylation is 1. The van der Waals surface area contributed by atoms with Gasteiger partial charge in [0.05, 0.1) is 5.56 Å². The number of hydrogen-bond acceptors (Lipinski definition) is 4. The Morgan fingerprint density at radius 3 is 2.69 bits per heavy atom. The van der Waals surface area contributed by atoms with Crippen molar-refractivity contribution in [2.45, 2.75) is 6.92 Å². The summed E-state index contributed by atoms with van der Waals surface area (Å²) >= 11 is 0. The molecule has 0 atom stereocenters. The Labute approximate surface area is 93.5 Å². The summed E-state index contributed by atoms with van der Waals surface area (Å²) in [6.07, 6.45) is 0. The molecule has 0 saturated carbocycles. The van der Waals surface area contributed by atoms with Crippen LogP contribution in [-0.2, 0) is 0 Å². The van der Waals surface area contributed by atoms with Crippen molar-refractivity contribution in [2.75, 3.05) is 12.4 Å². The van der Waals surface area contributed by atoms with E-state index in [1.54, 1.807) is 19.2 Å². The quantitative estimate of drug-likeness (QED) is 0.832. The second kappa shape index (κ2) is 4.07. The van der Waals surface area contributed by atoms with Crippen LogP contribution in [0.25, 0.3) is 11.5 Å². The van der Waals surface area contributed by atoms with Crippen molar-refractivity contribution in [2.24, 2.45) is 0 Å². The summed E-state index contributed by atoms with van der Waals surface area (Å²) in [5, 5.41) is 11.7. The highest BCUT2D eigenvalue weighted by Crippen LogP contribution is 2.22. The third-order valence-electron chi connectivity index (χ3n) is 2.25. The van der Waals surface area contributed by atoms with Crippen LogP contribution in [0.4, 0.5) is 5.82 Å². The van der Waals surface area contributed by atoms with E-state index in [1.165, 1.54) is 0 Å². The normalized spacial score (nSPS) is 9.81. The fourth-order valence-electron chi connectivity index (χ4n) is 1.45. The van der Waals surface area contributed by atoms with Gasteiger partial charge in [0, 0.05) is 7.05 Å². The molecule has 16 heavy (non-hydrogen) atoms. The maximum atomic E-state index is 8.86. The number of anilines is 1. The summed E-state index contributed by atoms with van der Waals surface area (Å²) in [4.78, 5) is 4.32. The Hall–Kier alpha value is -2.28. The molecule has 0 aromatic carbocycles. The molecule has 0 fully saturated rings. The number of nitrogens with zero attached hydrogens (tertiary/aromatic N) is 2. The summed E-state index contributed by atoms with van der Waals surface area (Å²) < 4.78 is 5.47. The maximum absolute atomic E-state index is 8.86. The molecule has 4 nitrogen and oxygen atoms in total. The van der Waals surface area contributed by atoms with E-state index >= 15 is 0 Å². The van der Waals surface area contributed by atoms with E-state index in [4.69, 9.17) is 9.68 Å². The van der Waals surface area contributed by atoms with E-state index in [1.807, 2.05) is 19.1 Å². The lowest BCUT2D eigenvalue weighted by Crippen LogP contribution is -1.97. The number of nitriles is 1. The number of aromatic nitrogens is 1. The van der Waals surface area contributed by atoms with Crippen molar-refractivity contribution in [1.82, 2.24) is 4.98 Å². The van der Waals surface area contributed by atoms with Crippen LogP contribution in [0.1, 0.15) is 11.3 Å². The van der Waals surface area contributed by atoms with Gasteiger partial charge in [-0.1, -0.05) is 0 Å². The third-order valence-corrected chi connectivity index (χ3v) is 2.25. The average Bonchev–Trinajstić information content (AvgIpc) is 2.75. The predicted molar refractivity (Wildman–Crippen MR) is 60.9 cm³/mol. The number of nitrogens with one attached hydrogen (secondary N) is 1. The summed E-state index contributed by atoms with van der Waals surface area (Å²) in [5.74, 6) is 2.11. The van der Waals surface area contributed by atoms with Crippen molar-refractivity contribution in [1.29, 1.82) is 5.26 Å². The van der Waals surface area contributed by atoms with Gasteiger partial charge in [0.25, 0.3) is 0 Å². The van der Waals surface area contributed by atoms with Crippen LogP contribution in [0.2, 0.25) is 0 Å². The van der Waals surface area contributed by atoms with Gasteiger partial charge in [0.2, 0.25) is 0 Å². The van der Waals surface area contributed by atoms with Crippen molar-refractivity contribution in [3.63, 3.8) is 0 Å². The van der Waals surface area contributed by atoms with Crippen LogP contribution < -0.4 is 5.32 Å². The van der Waals surface area contributed by atoms with Gasteiger partial charge in [-0.15, -0.1) is 0 Å². The predicted octanol–water partition coefficient (Wildman–Crippen LogP) is 2.56. The Bertz CT molecular complexity index is 552. The number of hydrogen-bond donors (Lipinski definition) is 1. The van der Waals surface area contributed by atoms with Crippen LogP contribution in [-0.4, -0.2) is 12.0 Å². The summed E-state index contributed by atoms with van der Waals surface area (Å²) in [6.45, 7) is 1.88. The van der Waals surface area contributed by atoms with Gasteiger partial charge in [0.15, 0.2) is 5.76 Å². The van der Waals surface area contributed by atoms with Gasteiger partial charge in [-0.2, -0.15) is 5.26 Å². The van der Waals surface area contributed by atoms with Crippen LogP contribution >= 0.6 is 0 Å². The molecular formula is C12H11N3O. The summed E-state index contributed by atoms with van der Waals surface area (Å²) in [7, 11) is 1.74. The van der Waals surface area contributed by atoms with Crippen molar-refractivity contribution < 1.29 is 4.42 Å². The van der Waals surface area contributed by atoms with E-state index in [-0.39, 0.29) is 0 Å². The monoisotopic (exact) mass is 213 g/mol. The van der Waals surface area contributed by atoms with E-state index < -0.39 is 0 Å². The molecule has 2 aromatic heterocycles. The molecule has 0 amide bonds. The van der Waals surface area contributed by atoms with Gasteiger partial charge >= 0.3 is 0 Å². The summed E-state index contributed by atoms with van der Waals surface area (Å²) in [5.41, 5.74) is 1.24. The number of furan rings is 1. The first kappa shape index (κ1) is 10.2. The molecule has 2 rings (SSSR count). The number of rotatable bonds is 2. The Balaban J connectivity index is 2.48. The molecular weight excluding hydrogens is 202 g/mol. The first-order valence-corrected chi connectivity index (χ1v) is 4.90. The molecule has 0 aliphatic carbocycles. The standard InChI is InChI=1S/C12H11N3O/c1-8-3-6-11(16-8)10-5-4-9(7-13)12(14-2)15-10/h3-6H,1-2H3,(H,14,15). The topological polar surface area (TPSA) is 61.9 Å². The van der Waals surface area contributed by atoms with E-state index in [0.717, 1.165) is 11.5 Å². The molecule has 0 bridgehead atoms. The highest BCUT2D eigenvalue weighted by Gasteiger charge is 2.08. The Morgan fingerprint density at radius 1 is 1.31 bits per heavy atom. The van der Waals surface area contributed by atoms with E-state index in [0.29, 0.717) is 17.1 Å². The number of pyridine rings is 1. The van der Waals surface area contributed by atoms with Crippen LogP contribution in [0.5, 0.6) is 0 Å². The zero-order valence-corrected chi connectivity index (χ0v) is 9.11. The molecule has 80 valence electrons. The fourth-order valence-corrected chi connectivity index (χ4v) is 1.45. The highest BCUT2D eigenvalue weighted by atomic mass is 16.3. The van der Waals surface area contributed by atoms with Crippen molar-refractivity contribution in [3.05, 3.63) is 35.6 Å². The van der Waals surface area contributed by atoms with Crippen LogP contribution in [0.15, 0.2) is 28.7 Å². The molecule has 4 heteroatoms. The van der Waals surface area contributed by atoms with Crippen molar-refractivity contribution >= 4 is 5.82 Å². The maximum Gasteiger partial charge on any atom is 0.152 e. The Morgan fingerprint density at radius 2 is 2.12 bits per heavy atom. The first-order valence-electron chi connectivity index (χ1n) is 4.90. The lowest BCUT2D eigenvalue weighted by molar-refractivity contribution is 0.546. The zero-order valence-electron chi connectivity index (χ0n) is 9.11. The van der Waals surface area contributed by atoms with Gasteiger partial charge < -0.3 is 9.73 Å². The van der Waals surface area contributed by atoms with Crippen LogP contribution in [0, 0.1) is 18.3 Å². The second-order valence-electron chi connectivity index (χ2n) is 3.36. The van der Waals surface area contributed by atoms with E-state index in [2.05, 4.69) is 16.4 Å². The minimum atomic E-state index is 0.523. The smallest absolute Gasteiger partial charge is 0.152 e. The molecule has 0 spiro atoms. The zero-order chi connectivity index (χ0) is 11.5. The molecule has 0 aliphatic rings. The molecule has 0 saturated heterocycles. The third kappa shape index (κ3) is 1.75. The lowest BCUT2D eigenvalue weighted by atomic mass is 10.2. The average molecular weight is 213 g/mol. The second-order valence-corrected chi connectivity index (χ2v) is 3.36. The summed E-state index contributed by atoms with van der Waals surface area (Å²) in [6, 6.07) is 9.33. The van der Waals surface area contributed by atoms with Gasteiger partial charge in [-0.05, 0) is 31.2 Å². The van der Waals surface area contributed by atoms with Gasteiger partial charge in [-0.25, -0.2) is 4.98 Å². The first-order chi connectivity index (χ1) is 7.74. The molecule has 1 N–H and O–H groups in total. The van der Waals surface area contributed by atoms with Gasteiger partial charge in [-0.3, -0.25) is 0 Å². The van der Waals surface area contributed by atoms with Gasteiger partial charge in [0.1, 0.15) is 23.3 Å². The highest BCUT2D eigenvalue weighted by molar-refractivity contribution is 5.61. The van der Waals surface area contributed by atoms with Crippen LogP contribution in [0.3, 0.4) is 0 Å². The molecule has 0 radical (unpaired) electrons. The minimum Gasteiger partial charge on any atom is -0.460 e. The molecule has 0 unspecified atom stereocenters. The fraction of sp³-hybridized carbons (Fsp3) is 0.167. The largest absolute Gasteiger partial charge is 0.460 e. The Kier molecular flexibility index (Phi) is 2.61. The SMILES string of the molecule is CNc1nc(-c2ccc(C)o2)ccc1C#N. The molecule has 2 aromatic rings. The van der Waals surface area contributed by atoms with E-state index in [9.17, 15) is 0 Å².